The summed E-state index contributed by atoms with van der Waals surface area (Å²) in [6.45, 7) is 1.94. The number of hydrogen-bond acceptors (Lipinski definition) is 5. The number of H-pyrrole nitrogens is 1. The van der Waals surface area contributed by atoms with Gasteiger partial charge in [-0.25, -0.2) is 0 Å². The van der Waals surface area contributed by atoms with Crippen molar-refractivity contribution >= 4 is 22.6 Å². The van der Waals surface area contributed by atoms with E-state index in [1.165, 1.54) is 14.2 Å². The second-order valence-corrected chi connectivity index (χ2v) is 5.93. The first-order chi connectivity index (χ1) is 13.1. The van der Waals surface area contributed by atoms with Gasteiger partial charge in [-0.05, 0) is 41.1 Å². The molecule has 1 aromatic carbocycles. The number of nitrogens with zero attached hydrogens (tertiary/aromatic N) is 2. The number of methoxy groups -OCH3 is 2. The van der Waals surface area contributed by atoms with Gasteiger partial charge in [0.1, 0.15) is 0 Å². The highest BCUT2D eigenvalue weighted by atomic mass is 16.5. The van der Waals surface area contributed by atoms with E-state index in [2.05, 4.69) is 16.0 Å². The molecule has 0 atom stereocenters. The minimum Gasteiger partial charge on any atom is -0.481 e. The Kier molecular flexibility index (Phi) is 5.23. The first-order valence-corrected chi connectivity index (χ1v) is 8.46. The Morgan fingerprint density at radius 3 is 2.48 bits per heavy atom. The van der Waals surface area contributed by atoms with Crippen molar-refractivity contribution < 1.29 is 9.47 Å². The number of rotatable bonds is 5. The minimum atomic E-state index is -0.103. The summed E-state index contributed by atoms with van der Waals surface area (Å²) in [6.07, 6.45) is 2.40. The van der Waals surface area contributed by atoms with Crippen molar-refractivity contribution in [2.24, 2.45) is 0 Å². The molecule has 6 nitrogen and oxygen atoms in total. The molecule has 6 heteroatoms. The number of hydrogen-bond donors (Lipinski definition) is 1. The molecule has 2 aromatic heterocycles. The lowest BCUT2D eigenvalue weighted by atomic mass is 10.0. The molecule has 3 rings (SSSR count). The van der Waals surface area contributed by atoms with Crippen LogP contribution in [0.4, 0.5) is 0 Å². The van der Waals surface area contributed by atoms with Crippen LogP contribution in [0.25, 0.3) is 22.6 Å². The van der Waals surface area contributed by atoms with E-state index in [0.717, 1.165) is 16.5 Å². The Hall–Kier alpha value is -3.59. The summed E-state index contributed by atoms with van der Waals surface area (Å²) in [5.41, 5.74) is 3.22. The van der Waals surface area contributed by atoms with Crippen molar-refractivity contribution in [3.63, 3.8) is 0 Å². The zero-order valence-corrected chi connectivity index (χ0v) is 15.4. The Morgan fingerprint density at radius 1 is 1.19 bits per heavy atom. The fraction of sp³-hybridized carbons (Fsp3) is 0.190. The largest absolute Gasteiger partial charge is 0.481 e. The van der Waals surface area contributed by atoms with Gasteiger partial charge in [-0.2, -0.15) is 10.2 Å². The third-order valence-corrected chi connectivity index (χ3v) is 4.27. The van der Waals surface area contributed by atoms with Gasteiger partial charge in [0, 0.05) is 23.2 Å². The molecule has 0 aliphatic rings. The number of aromatic amines is 1. The van der Waals surface area contributed by atoms with Gasteiger partial charge in [-0.3, -0.25) is 4.79 Å². The molecule has 0 saturated heterocycles. The number of allylic oxidation sites excluding steroid dienone is 1. The van der Waals surface area contributed by atoms with Crippen molar-refractivity contribution in [3.05, 3.63) is 63.4 Å². The molecular weight excluding hydrogens is 342 g/mol. The van der Waals surface area contributed by atoms with Crippen LogP contribution in [-0.2, 0) is 6.42 Å². The van der Waals surface area contributed by atoms with E-state index in [1.807, 2.05) is 25.1 Å². The van der Waals surface area contributed by atoms with Gasteiger partial charge in [0.15, 0.2) is 0 Å². The summed E-state index contributed by atoms with van der Waals surface area (Å²) < 4.78 is 10.3. The van der Waals surface area contributed by atoms with Crippen molar-refractivity contribution in [2.45, 2.75) is 13.3 Å². The van der Waals surface area contributed by atoms with E-state index >= 15 is 0 Å². The minimum absolute atomic E-state index is 0.103. The van der Waals surface area contributed by atoms with Crippen LogP contribution in [0.5, 0.6) is 11.8 Å². The summed E-state index contributed by atoms with van der Waals surface area (Å²) in [5.74, 6) is 0.792. The van der Waals surface area contributed by atoms with Crippen molar-refractivity contribution in [2.75, 3.05) is 14.2 Å². The molecule has 1 N–H and O–H groups in total. The van der Waals surface area contributed by atoms with E-state index in [0.29, 0.717) is 34.8 Å². The highest BCUT2D eigenvalue weighted by Gasteiger charge is 2.08. The highest BCUT2D eigenvalue weighted by molar-refractivity contribution is 5.93. The first kappa shape index (κ1) is 18.2. The lowest BCUT2D eigenvalue weighted by Gasteiger charge is -2.07. The standard InChI is InChI=1S/C21H19N3O3/c1-4-14-10-16-6-5-15(11-18(16)23-21(14)25)17(12-22)7-13-8-19(26-2)24-20(9-13)27-3/h5-11H,4H2,1-3H3,(H,23,25)/b17-7+. The second kappa shape index (κ2) is 7.75. The van der Waals surface area contributed by atoms with Crippen LogP contribution in [-0.4, -0.2) is 24.2 Å². The SMILES string of the molecule is CCc1cc2ccc(/C(C#N)=C/c3cc(OC)nc(OC)c3)cc2[nH]c1=O. The first-order valence-electron chi connectivity index (χ1n) is 8.46. The van der Waals surface area contributed by atoms with Crippen LogP contribution < -0.4 is 15.0 Å². The average molecular weight is 361 g/mol. The molecule has 2 heterocycles. The van der Waals surface area contributed by atoms with Gasteiger partial charge in [-0.15, -0.1) is 0 Å². The third kappa shape index (κ3) is 3.82. The van der Waals surface area contributed by atoms with Crippen LogP contribution in [0.15, 0.2) is 41.2 Å². The zero-order chi connectivity index (χ0) is 19.4. The summed E-state index contributed by atoms with van der Waals surface area (Å²) in [4.78, 5) is 19.1. The summed E-state index contributed by atoms with van der Waals surface area (Å²) in [7, 11) is 3.04. The number of benzene rings is 1. The van der Waals surface area contributed by atoms with Crippen LogP contribution in [0.2, 0.25) is 0 Å². The molecule has 0 saturated carbocycles. The van der Waals surface area contributed by atoms with E-state index in [-0.39, 0.29) is 5.56 Å². The summed E-state index contributed by atoms with van der Waals surface area (Å²) in [5, 5.41) is 10.6. The fourth-order valence-electron chi connectivity index (χ4n) is 2.82. The highest BCUT2D eigenvalue weighted by Crippen LogP contribution is 2.25. The van der Waals surface area contributed by atoms with Crippen molar-refractivity contribution in [3.8, 4) is 17.8 Å². The van der Waals surface area contributed by atoms with E-state index in [9.17, 15) is 10.1 Å². The molecule has 0 aliphatic heterocycles. The lowest BCUT2D eigenvalue weighted by molar-refractivity contribution is 0.364. The molecule has 3 aromatic rings. The average Bonchev–Trinajstić information content (AvgIpc) is 2.70. The maximum Gasteiger partial charge on any atom is 0.251 e. The van der Waals surface area contributed by atoms with Gasteiger partial charge in [0.25, 0.3) is 5.56 Å². The molecular formula is C21H19N3O3. The van der Waals surface area contributed by atoms with Gasteiger partial charge >= 0.3 is 0 Å². The molecule has 0 bridgehead atoms. The molecule has 0 aliphatic carbocycles. The number of aryl methyl sites for hydroxylation is 1. The Morgan fingerprint density at radius 2 is 1.89 bits per heavy atom. The van der Waals surface area contributed by atoms with Gasteiger partial charge in [-0.1, -0.05) is 19.1 Å². The Bertz CT molecular complexity index is 1100. The molecule has 0 amide bonds. The van der Waals surface area contributed by atoms with Gasteiger partial charge in [0.2, 0.25) is 11.8 Å². The van der Waals surface area contributed by atoms with Crippen LogP contribution in [0.3, 0.4) is 0 Å². The normalized spacial score (nSPS) is 11.3. The topological polar surface area (TPSA) is 88.0 Å². The van der Waals surface area contributed by atoms with E-state index < -0.39 is 0 Å². The summed E-state index contributed by atoms with van der Waals surface area (Å²) >= 11 is 0. The monoisotopic (exact) mass is 361 g/mol. The second-order valence-electron chi connectivity index (χ2n) is 5.93. The van der Waals surface area contributed by atoms with E-state index in [4.69, 9.17) is 9.47 Å². The van der Waals surface area contributed by atoms with E-state index in [1.54, 1.807) is 24.3 Å². The summed E-state index contributed by atoms with van der Waals surface area (Å²) in [6, 6.07) is 13.1. The number of aromatic nitrogens is 2. The molecule has 136 valence electrons. The number of pyridine rings is 2. The van der Waals surface area contributed by atoms with Crippen molar-refractivity contribution in [1.29, 1.82) is 5.26 Å². The Balaban J connectivity index is 2.09. The van der Waals surface area contributed by atoms with Gasteiger partial charge in [0.05, 0.1) is 25.9 Å². The smallest absolute Gasteiger partial charge is 0.251 e. The molecule has 0 radical (unpaired) electrons. The maximum atomic E-state index is 12.1. The zero-order valence-electron chi connectivity index (χ0n) is 15.4. The molecule has 0 fully saturated rings. The quantitative estimate of drug-likeness (QED) is 0.702. The number of ether oxygens (including phenoxy) is 2. The third-order valence-electron chi connectivity index (χ3n) is 4.27. The molecule has 0 unspecified atom stereocenters. The van der Waals surface area contributed by atoms with Gasteiger partial charge < -0.3 is 14.5 Å². The number of nitriles is 1. The number of fused-ring (bicyclic) bond motifs is 1. The van der Waals surface area contributed by atoms with Crippen LogP contribution in [0.1, 0.15) is 23.6 Å². The maximum absolute atomic E-state index is 12.1. The predicted octanol–water partition coefficient (Wildman–Crippen LogP) is 3.57. The fourth-order valence-corrected chi connectivity index (χ4v) is 2.82. The number of nitrogens with one attached hydrogen (secondary N) is 1. The van der Waals surface area contributed by atoms with Crippen LogP contribution >= 0.6 is 0 Å². The predicted molar refractivity (Wildman–Crippen MR) is 105 cm³/mol. The Labute approximate surface area is 156 Å². The molecule has 0 spiro atoms. The molecule has 27 heavy (non-hydrogen) atoms. The van der Waals surface area contributed by atoms with Crippen LogP contribution in [0, 0.1) is 11.3 Å². The van der Waals surface area contributed by atoms with Crippen molar-refractivity contribution in [1.82, 2.24) is 9.97 Å². The lowest BCUT2D eigenvalue weighted by Crippen LogP contribution is -2.11.